The number of hydrogen-bond acceptors (Lipinski definition) is 5. The molecule has 1 aromatic rings. The molecule has 0 unspecified atom stereocenters. The second-order valence-corrected chi connectivity index (χ2v) is 4.59. The number of hydrazone groups is 1. The summed E-state index contributed by atoms with van der Waals surface area (Å²) in [4.78, 5) is 0. The highest BCUT2D eigenvalue weighted by Crippen LogP contribution is 2.29. The van der Waals surface area contributed by atoms with Crippen LogP contribution in [0.4, 0.5) is 5.69 Å². The van der Waals surface area contributed by atoms with Crippen LogP contribution in [-0.2, 0) is 0 Å². The molecule has 6 nitrogen and oxygen atoms in total. The van der Waals surface area contributed by atoms with Crippen molar-refractivity contribution < 1.29 is 0 Å². The van der Waals surface area contributed by atoms with E-state index in [0.29, 0.717) is 19.8 Å². The van der Waals surface area contributed by atoms with Crippen LogP contribution in [0.25, 0.3) is 0 Å². The summed E-state index contributed by atoms with van der Waals surface area (Å²) in [5.41, 5.74) is 8.33. The molecule has 1 rings (SSSR count). The fourth-order valence-electron chi connectivity index (χ4n) is 1.00. The van der Waals surface area contributed by atoms with Crippen LogP contribution in [-0.4, -0.2) is 11.5 Å². The van der Waals surface area contributed by atoms with Crippen LogP contribution in [0, 0.1) is 31.6 Å². The predicted molar refractivity (Wildman–Crippen MR) is 77.5 cm³/mol. The number of nitrogens with two attached hydrogens (primary N) is 1. The van der Waals surface area contributed by atoms with Crippen molar-refractivity contribution in [3.63, 3.8) is 0 Å². The minimum atomic E-state index is -0.440. The zero-order valence-electron chi connectivity index (χ0n) is 8.83. The molecule has 0 heterocycles. The van der Waals surface area contributed by atoms with Gasteiger partial charge >= 0.3 is 0 Å². The molecular weight excluding hydrogens is 367 g/mol. The molecule has 90 valence electrons. The van der Waals surface area contributed by atoms with Gasteiger partial charge in [-0.05, 0) is 34.7 Å². The number of nitrogens with zero attached hydrogens (tertiary/aromatic N) is 3. The number of nitriles is 2. The fourth-order valence-corrected chi connectivity index (χ4v) is 2.17. The van der Waals surface area contributed by atoms with Gasteiger partial charge in [0.1, 0.15) is 6.07 Å². The van der Waals surface area contributed by atoms with Gasteiger partial charge < -0.3 is 5.73 Å². The Bertz CT molecular complexity index is 587. The van der Waals surface area contributed by atoms with E-state index >= 15 is 0 Å². The Morgan fingerprint density at radius 3 is 2.61 bits per heavy atom. The molecule has 0 amide bonds. The third kappa shape index (κ3) is 3.32. The molecule has 0 saturated heterocycles. The molecule has 18 heavy (non-hydrogen) atoms. The van der Waals surface area contributed by atoms with Gasteiger partial charge in [0.05, 0.1) is 22.3 Å². The molecule has 0 aliphatic heterocycles. The van der Waals surface area contributed by atoms with Crippen LogP contribution in [0.2, 0.25) is 5.02 Å². The number of nitrogens with one attached hydrogen (secondary N) is 2. The summed E-state index contributed by atoms with van der Waals surface area (Å²) < 4.78 is 0.668. The topological polar surface area (TPSA) is 122 Å². The van der Waals surface area contributed by atoms with Gasteiger partial charge in [-0.15, -0.1) is 0 Å². The molecule has 0 spiro atoms. The monoisotopic (exact) mass is 372 g/mol. The average Bonchev–Trinajstić information content (AvgIpc) is 2.32. The number of anilines is 1. The molecule has 1 aromatic carbocycles. The van der Waals surface area contributed by atoms with Crippen LogP contribution in [0.3, 0.4) is 0 Å². The molecular formula is C10H6ClIN6. The van der Waals surface area contributed by atoms with Gasteiger partial charge in [0, 0.05) is 3.57 Å². The van der Waals surface area contributed by atoms with Crippen molar-refractivity contribution in [3.8, 4) is 12.1 Å². The van der Waals surface area contributed by atoms with Gasteiger partial charge in [-0.3, -0.25) is 10.8 Å². The first-order valence-corrected chi connectivity index (χ1v) is 5.92. The highest BCUT2D eigenvalue weighted by Gasteiger charge is 2.08. The first kappa shape index (κ1) is 14.2. The van der Waals surface area contributed by atoms with Gasteiger partial charge in [-0.1, -0.05) is 11.6 Å². The fraction of sp³-hybridized carbons (Fsp3) is 0. The highest BCUT2D eigenvalue weighted by atomic mass is 127. The third-order valence-corrected chi connectivity index (χ3v) is 2.96. The quantitative estimate of drug-likeness (QED) is 0.325. The second-order valence-electron chi connectivity index (χ2n) is 3.02. The number of benzene rings is 1. The lowest BCUT2D eigenvalue weighted by Crippen LogP contribution is -2.22. The van der Waals surface area contributed by atoms with Crippen LogP contribution in [0.15, 0.2) is 17.2 Å². The van der Waals surface area contributed by atoms with Crippen LogP contribution in [0.5, 0.6) is 0 Å². The van der Waals surface area contributed by atoms with Crippen molar-refractivity contribution >= 4 is 51.4 Å². The summed E-state index contributed by atoms with van der Waals surface area (Å²) in [6.45, 7) is 0. The second kappa shape index (κ2) is 6.19. The molecule has 0 bridgehead atoms. The van der Waals surface area contributed by atoms with Crippen LogP contribution >= 0.6 is 34.2 Å². The smallest absolute Gasteiger partial charge is 0.201 e. The van der Waals surface area contributed by atoms with Gasteiger partial charge in [-0.2, -0.15) is 15.6 Å². The maximum atomic E-state index is 8.76. The van der Waals surface area contributed by atoms with E-state index in [0.717, 1.165) is 0 Å². The summed E-state index contributed by atoms with van der Waals surface area (Å²) in [7, 11) is 0. The molecule has 8 heteroatoms. The zero-order valence-corrected chi connectivity index (χ0v) is 11.7. The van der Waals surface area contributed by atoms with E-state index in [2.05, 4.69) is 10.5 Å². The summed E-state index contributed by atoms with van der Waals surface area (Å²) in [6, 6.07) is 6.73. The summed E-state index contributed by atoms with van der Waals surface area (Å²) in [5, 5.41) is 28.5. The maximum absolute atomic E-state index is 8.76. The molecule has 0 aromatic heterocycles. The third-order valence-electron chi connectivity index (χ3n) is 1.81. The first-order valence-electron chi connectivity index (χ1n) is 4.47. The van der Waals surface area contributed by atoms with E-state index in [1.807, 2.05) is 28.7 Å². The van der Waals surface area contributed by atoms with Gasteiger partial charge in [0.2, 0.25) is 5.71 Å². The lowest BCUT2D eigenvalue weighted by Gasteiger charge is -2.07. The first-order chi connectivity index (χ1) is 8.49. The number of hydrogen-bond donors (Lipinski definition) is 3. The number of amidine groups is 1. The molecule has 0 saturated carbocycles. The Morgan fingerprint density at radius 2 is 2.17 bits per heavy atom. The minimum absolute atomic E-state index is 0.244. The van der Waals surface area contributed by atoms with E-state index in [1.54, 1.807) is 12.1 Å². The maximum Gasteiger partial charge on any atom is 0.201 e. The largest absolute Gasteiger partial charge is 0.382 e. The van der Waals surface area contributed by atoms with Crippen LogP contribution in [0.1, 0.15) is 5.56 Å². The van der Waals surface area contributed by atoms with Crippen molar-refractivity contribution in [2.45, 2.75) is 0 Å². The Hall–Kier alpha value is -1.84. The van der Waals surface area contributed by atoms with Crippen molar-refractivity contribution in [1.82, 2.24) is 0 Å². The SMILES string of the molecule is N#C/C(=N\Nc1c(Cl)cc(C#N)cc1I)C(=N)N. The Balaban J connectivity index is 3.11. The molecule has 4 N–H and O–H groups in total. The van der Waals surface area contributed by atoms with Crippen LogP contribution < -0.4 is 11.2 Å². The van der Waals surface area contributed by atoms with Crippen molar-refractivity contribution in [3.05, 3.63) is 26.3 Å². The van der Waals surface area contributed by atoms with Gasteiger partial charge in [0.15, 0.2) is 5.84 Å². The molecule has 0 radical (unpaired) electrons. The van der Waals surface area contributed by atoms with E-state index in [9.17, 15) is 0 Å². The molecule has 0 aliphatic rings. The zero-order chi connectivity index (χ0) is 13.7. The van der Waals surface area contributed by atoms with Gasteiger partial charge in [-0.25, -0.2) is 0 Å². The van der Waals surface area contributed by atoms with Crippen molar-refractivity contribution in [2.24, 2.45) is 10.8 Å². The van der Waals surface area contributed by atoms with Crippen molar-refractivity contribution in [1.29, 1.82) is 15.9 Å². The minimum Gasteiger partial charge on any atom is -0.382 e. The summed E-state index contributed by atoms with van der Waals surface area (Å²) in [5.74, 6) is -0.440. The van der Waals surface area contributed by atoms with Gasteiger partial charge in [0.25, 0.3) is 0 Å². The highest BCUT2D eigenvalue weighted by molar-refractivity contribution is 14.1. The summed E-state index contributed by atoms with van der Waals surface area (Å²) in [6.07, 6.45) is 0. The van der Waals surface area contributed by atoms with E-state index < -0.39 is 5.84 Å². The lowest BCUT2D eigenvalue weighted by molar-refractivity contribution is 1.32. The predicted octanol–water partition coefficient (Wildman–Crippen LogP) is 2.04. The average molecular weight is 373 g/mol. The Labute approximate surface area is 122 Å². The normalized spacial score (nSPS) is 10.3. The standard InChI is InChI=1S/C10H6ClIN6/c11-6-1-5(3-13)2-7(12)9(6)18-17-8(4-14)10(15)16/h1-2,18H,(H3,15,16)/b17-8+. The van der Waals surface area contributed by atoms with E-state index in [4.69, 9.17) is 33.3 Å². The molecule has 0 aliphatic carbocycles. The van der Waals surface area contributed by atoms with E-state index in [1.165, 1.54) is 6.07 Å². The number of halogens is 2. The van der Waals surface area contributed by atoms with Crippen molar-refractivity contribution in [2.75, 3.05) is 5.43 Å². The molecule has 0 fully saturated rings. The number of rotatable bonds is 3. The van der Waals surface area contributed by atoms with E-state index in [-0.39, 0.29) is 5.71 Å². The Kier molecular flexibility index (Phi) is 4.89. The molecule has 0 atom stereocenters. The lowest BCUT2D eigenvalue weighted by atomic mass is 10.2. The summed E-state index contributed by atoms with van der Waals surface area (Å²) >= 11 is 7.94. The Morgan fingerprint density at radius 1 is 1.50 bits per heavy atom.